The van der Waals surface area contributed by atoms with Crippen LogP contribution >= 0.6 is 0 Å². The molecule has 0 saturated carbocycles. The summed E-state index contributed by atoms with van der Waals surface area (Å²) < 4.78 is 18.5. The topological polar surface area (TPSA) is 92.5 Å². The smallest absolute Gasteiger partial charge is 0.182 e. The molecule has 8 aromatic rings. The van der Waals surface area contributed by atoms with Gasteiger partial charge < -0.3 is 19.7 Å². The summed E-state index contributed by atoms with van der Waals surface area (Å²) in [4.78, 5) is 8.39. The van der Waals surface area contributed by atoms with Crippen molar-refractivity contribution in [2.24, 2.45) is 0 Å². The Bertz CT molecular complexity index is 3020. The Morgan fingerprint density at radius 2 is 0.605 bits per heavy atom. The number of benzene rings is 4. The molecule has 0 aliphatic heterocycles. The van der Waals surface area contributed by atoms with E-state index in [9.17, 15) is 10.2 Å². The van der Waals surface area contributed by atoms with Gasteiger partial charge >= 0.3 is 0 Å². The van der Waals surface area contributed by atoms with Gasteiger partial charge in [0.05, 0.1) is 0 Å². The van der Waals surface area contributed by atoms with Crippen molar-refractivity contribution in [3.05, 3.63) is 213 Å². The lowest BCUT2D eigenvalue weighted by atomic mass is 9.79. The highest BCUT2D eigenvalue weighted by Gasteiger charge is 2.29. The Hall–Kier alpha value is -7.32. The van der Waals surface area contributed by atoms with E-state index in [2.05, 4.69) is 200 Å². The Balaban J connectivity index is 1.19. The Morgan fingerprint density at radius 3 is 0.855 bits per heavy atom. The minimum atomic E-state index is -0.215. The lowest BCUT2D eigenvalue weighted by molar-refractivity contribution is -0.697. The number of nitrogens with zero attached hydrogens (tertiary/aromatic N) is 4. The number of aromatic hydroxyl groups is 2. The molecule has 4 aromatic heterocycles. The number of ether oxygens (including phenoxy) is 2. The molecular formula is C68H78N4O4+2. The minimum Gasteiger partial charge on any atom is -0.507 e. The monoisotopic (exact) mass is 1010 g/mol. The third kappa shape index (κ3) is 12.3. The number of fused-ring (bicyclic) bond motifs is 8. The second kappa shape index (κ2) is 21.4. The number of hydrogen-bond acceptors (Lipinski definition) is 6. The molecule has 1 aliphatic carbocycles. The van der Waals surface area contributed by atoms with Crippen LogP contribution in [0.25, 0.3) is 22.3 Å². The molecule has 0 atom stereocenters. The van der Waals surface area contributed by atoms with Crippen molar-refractivity contribution in [2.75, 3.05) is 13.2 Å². The van der Waals surface area contributed by atoms with Gasteiger partial charge in [-0.05, 0) is 135 Å². The average Bonchev–Trinajstić information content (AvgIpc) is 3.37. The van der Waals surface area contributed by atoms with Crippen LogP contribution in [0.4, 0.5) is 0 Å². The molecule has 2 N–H and O–H groups in total. The van der Waals surface area contributed by atoms with Gasteiger partial charge in [-0.25, -0.2) is 9.13 Å². The molecule has 4 heterocycles. The predicted molar refractivity (Wildman–Crippen MR) is 306 cm³/mol. The number of phenolic OH excluding ortho intramolecular Hbond substituents is 2. The quantitative estimate of drug-likeness (QED) is 0.133. The van der Waals surface area contributed by atoms with Gasteiger partial charge in [-0.15, -0.1) is 0 Å². The number of phenols is 2. The van der Waals surface area contributed by atoms with Gasteiger partial charge in [0.25, 0.3) is 0 Å². The molecule has 8 bridgehead atoms. The highest BCUT2D eigenvalue weighted by atomic mass is 16.5. The van der Waals surface area contributed by atoms with Crippen molar-refractivity contribution < 1.29 is 28.8 Å². The van der Waals surface area contributed by atoms with Gasteiger partial charge in [-0.3, -0.25) is 9.97 Å². The van der Waals surface area contributed by atoms with Crippen molar-refractivity contribution in [3.63, 3.8) is 0 Å². The van der Waals surface area contributed by atoms with Crippen molar-refractivity contribution in [3.8, 4) is 45.3 Å². The first-order chi connectivity index (χ1) is 36.0. The van der Waals surface area contributed by atoms with Crippen LogP contribution in [0.15, 0.2) is 147 Å². The lowest BCUT2D eigenvalue weighted by Gasteiger charge is -2.28. The third-order valence-electron chi connectivity index (χ3n) is 15.0. The summed E-state index contributed by atoms with van der Waals surface area (Å²) in [6.45, 7) is 29.0. The first kappa shape index (κ1) is 53.5. The highest BCUT2D eigenvalue weighted by molar-refractivity contribution is 5.63. The SMILES string of the molecule is CC(C)(C)c1cc2c(O)c(c1)Cc1cc(C(C)(C)C)cc(c1OCC[n+]1ccc(-c3ccncc3)cc1)Cc1cc(C(C)(C)C)cc(c1O)Cc1cc(C(C)(C)C)cc(c1OCC[n+]1ccc(-c3ccncc3)cc1)C2. The van der Waals surface area contributed by atoms with Gasteiger partial charge in [0, 0.05) is 74.7 Å². The van der Waals surface area contributed by atoms with E-state index in [1.165, 1.54) is 11.1 Å². The van der Waals surface area contributed by atoms with E-state index in [0.29, 0.717) is 52.0 Å². The fraction of sp³-hybridized carbons (Fsp3) is 0.353. The summed E-state index contributed by atoms with van der Waals surface area (Å²) in [6.07, 6.45) is 17.4. The molecule has 0 amide bonds. The lowest BCUT2D eigenvalue weighted by Crippen LogP contribution is -2.35. The van der Waals surface area contributed by atoms with Crippen LogP contribution in [-0.2, 0) is 60.4 Å². The normalized spacial score (nSPS) is 13.1. The first-order valence-corrected chi connectivity index (χ1v) is 27.1. The molecule has 8 heteroatoms. The maximum absolute atomic E-state index is 12.8. The largest absolute Gasteiger partial charge is 0.507 e. The average molecular weight is 1020 g/mol. The first-order valence-electron chi connectivity index (χ1n) is 27.1. The van der Waals surface area contributed by atoms with E-state index >= 15 is 0 Å². The maximum Gasteiger partial charge on any atom is 0.182 e. The van der Waals surface area contributed by atoms with Crippen LogP contribution in [0, 0.1) is 0 Å². The summed E-state index contributed by atoms with van der Waals surface area (Å²) in [5, 5.41) is 25.7. The molecule has 392 valence electrons. The molecule has 8 nitrogen and oxygen atoms in total. The summed E-state index contributed by atoms with van der Waals surface area (Å²) in [7, 11) is 0. The molecular weight excluding hydrogens is 937 g/mol. The molecule has 0 radical (unpaired) electrons. The number of pyridine rings is 4. The summed E-state index contributed by atoms with van der Waals surface area (Å²) in [6, 6.07) is 34.5. The zero-order chi connectivity index (χ0) is 54.2. The van der Waals surface area contributed by atoms with Crippen molar-refractivity contribution in [2.45, 2.75) is 144 Å². The number of hydrogen-bond donors (Lipinski definition) is 2. The maximum atomic E-state index is 12.8. The van der Waals surface area contributed by atoms with Crippen LogP contribution in [0.2, 0.25) is 0 Å². The van der Waals surface area contributed by atoms with Crippen LogP contribution in [0.5, 0.6) is 23.0 Å². The van der Waals surface area contributed by atoms with E-state index < -0.39 is 0 Å². The van der Waals surface area contributed by atoms with Gasteiger partial charge in [-0.1, -0.05) is 132 Å². The fourth-order valence-corrected chi connectivity index (χ4v) is 10.2. The Labute approximate surface area is 452 Å². The summed E-state index contributed by atoms with van der Waals surface area (Å²) >= 11 is 0. The van der Waals surface area contributed by atoms with Gasteiger partial charge in [0.15, 0.2) is 37.9 Å². The molecule has 9 rings (SSSR count). The number of aromatic nitrogens is 4. The minimum absolute atomic E-state index is 0.206. The van der Waals surface area contributed by atoms with Crippen LogP contribution in [-0.4, -0.2) is 33.4 Å². The highest BCUT2D eigenvalue weighted by Crippen LogP contribution is 2.44. The molecule has 1 aliphatic rings. The van der Waals surface area contributed by atoms with Crippen LogP contribution < -0.4 is 18.6 Å². The van der Waals surface area contributed by atoms with E-state index in [1.807, 2.05) is 49.1 Å². The third-order valence-corrected chi connectivity index (χ3v) is 15.0. The zero-order valence-electron chi connectivity index (χ0n) is 47.0. The van der Waals surface area contributed by atoms with Crippen LogP contribution in [0.3, 0.4) is 0 Å². The summed E-state index contributed by atoms with van der Waals surface area (Å²) in [5.41, 5.74) is 15.6. The van der Waals surface area contributed by atoms with E-state index in [4.69, 9.17) is 9.47 Å². The predicted octanol–water partition coefficient (Wildman–Crippen LogP) is 13.8. The van der Waals surface area contributed by atoms with Gasteiger partial charge in [-0.2, -0.15) is 0 Å². The second-order valence-electron chi connectivity index (χ2n) is 25.1. The zero-order valence-corrected chi connectivity index (χ0v) is 47.0. The van der Waals surface area contributed by atoms with E-state index in [-0.39, 0.29) is 33.2 Å². The molecule has 0 unspecified atom stereocenters. The van der Waals surface area contributed by atoms with E-state index in [1.54, 1.807) is 0 Å². The van der Waals surface area contributed by atoms with E-state index in [0.717, 1.165) is 89.4 Å². The Morgan fingerprint density at radius 1 is 0.368 bits per heavy atom. The fourth-order valence-electron chi connectivity index (χ4n) is 10.2. The van der Waals surface area contributed by atoms with Crippen molar-refractivity contribution in [1.29, 1.82) is 0 Å². The molecule has 0 spiro atoms. The van der Waals surface area contributed by atoms with Gasteiger partial charge in [0.2, 0.25) is 0 Å². The standard InChI is InChI=1S/C68H76N4O4/c1-65(2,3)57-37-49-33-53-41-59(67(7,8)9)43-55(63(53)75-31-29-71-25-17-47(18-26-71)45-13-21-69-22-14-45)35-51-39-58(66(4,5)6)40-52(62(51)74)36-56-44-60(68(10,11)12)42-54(34-50(38-57)61(49)73)64(56)76-32-30-72-27-19-48(20-28-72)46-15-23-70-24-16-46/h13-28,37-44H,29-36H2,1-12H3/p+2. The summed E-state index contributed by atoms with van der Waals surface area (Å²) in [5.74, 6) is 2.16. The van der Waals surface area contributed by atoms with Crippen molar-refractivity contribution >= 4 is 0 Å². The molecule has 0 saturated heterocycles. The van der Waals surface area contributed by atoms with Crippen LogP contribution in [0.1, 0.15) is 150 Å². The second-order valence-corrected chi connectivity index (χ2v) is 25.1. The number of rotatable bonds is 10. The van der Waals surface area contributed by atoms with Gasteiger partial charge in [0.1, 0.15) is 36.2 Å². The molecule has 4 aromatic carbocycles. The molecule has 0 fully saturated rings. The molecule has 76 heavy (non-hydrogen) atoms. The van der Waals surface area contributed by atoms with Crippen molar-refractivity contribution in [1.82, 2.24) is 9.97 Å². The Kier molecular flexibility index (Phi) is 15.0.